The maximum Gasteiger partial charge on any atom is 0.0798 e. The van der Waals surface area contributed by atoms with Crippen molar-refractivity contribution in [2.24, 2.45) is 0 Å². The lowest BCUT2D eigenvalue weighted by Crippen LogP contribution is -2.22. The number of fused-ring (bicyclic) bond motifs is 1. The maximum atomic E-state index is 4.34. The van der Waals surface area contributed by atoms with Crippen molar-refractivity contribution < 1.29 is 0 Å². The van der Waals surface area contributed by atoms with Crippen LogP contribution in [-0.2, 0) is 19.5 Å². The van der Waals surface area contributed by atoms with Gasteiger partial charge in [-0.2, -0.15) is 0 Å². The van der Waals surface area contributed by atoms with Crippen LogP contribution >= 0.6 is 11.3 Å². The second-order valence-corrected chi connectivity index (χ2v) is 5.88. The van der Waals surface area contributed by atoms with Gasteiger partial charge in [0.05, 0.1) is 11.2 Å². The minimum Gasteiger partial charge on any atom is -0.294 e. The molecule has 0 saturated carbocycles. The average Bonchev–Trinajstić information content (AvgIpc) is 2.66. The molecule has 1 aromatic carbocycles. The highest BCUT2D eigenvalue weighted by Gasteiger charge is 2.15. The molecule has 94 valence electrons. The smallest absolute Gasteiger partial charge is 0.0798 e. The summed E-state index contributed by atoms with van der Waals surface area (Å²) in [5.41, 5.74) is 6.17. The molecule has 0 amide bonds. The molecule has 0 fully saturated rings. The van der Waals surface area contributed by atoms with Crippen LogP contribution in [0.15, 0.2) is 29.8 Å². The summed E-state index contributed by atoms with van der Waals surface area (Å²) in [5, 5.41) is 0. The molecule has 1 aliphatic heterocycles. The zero-order valence-electron chi connectivity index (χ0n) is 10.7. The first-order valence-corrected chi connectivity index (χ1v) is 7.39. The Hall–Kier alpha value is -1.19. The number of aryl methyl sites for hydroxylation is 2. The van der Waals surface area contributed by atoms with Gasteiger partial charge in [-0.15, -0.1) is 11.3 Å². The second kappa shape index (κ2) is 5.21. The maximum absolute atomic E-state index is 4.34. The monoisotopic (exact) mass is 258 g/mol. The summed E-state index contributed by atoms with van der Waals surface area (Å²) >= 11 is 1.78. The normalized spacial score (nSPS) is 16.3. The van der Waals surface area contributed by atoms with Crippen molar-refractivity contribution in [1.82, 2.24) is 9.88 Å². The van der Waals surface area contributed by atoms with Crippen LogP contribution < -0.4 is 0 Å². The molecule has 3 heteroatoms. The third-order valence-corrected chi connectivity index (χ3v) is 4.56. The number of benzene rings is 1. The Labute approximate surface area is 112 Å². The topological polar surface area (TPSA) is 16.1 Å². The molecule has 0 bridgehead atoms. The van der Waals surface area contributed by atoms with Gasteiger partial charge in [0.1, 0.15) is 0 Å². The highest BCUT2D eigenvalue weighted by Crippen LogP contribution is 2.22. The van der Waals surface area contributed by atoms with Gasteiger partial charge in [0.15, 0.2) is 0 Å². The third-order valence-electron chi connectivity index (χ3n) is 3.64. The first-order valence-electron chi connectivity index (χ1n) is 6.51. The van der Waals surface area contributed by atoms with E-state index < -0.39 is 0 Å². The van der Waals surface area contributed by atoms with Crippen LogP contribution in [0.1, 0.15) is 28.1 Å². The standard InChI is InChI=1S/C15H18N2S/c1-12-15(18-11-16-12)10-17-8-4-7-13-5-2-3-6-14(13)9-17/h2-3,5-6,11H,4,7-10H2,1H3. The minimum atomic E-state index is 1.05. The molecule has 0 radical (unpaired) electrons. The van der Waals surface area contributed by atoms with Gasteiger partial charge >= 0.3 is 0 Å². The van der Waals surface area contributed by atoms with Crippen molar-refractivity contribution in [2.45, 2.75) is 32.9 Å². The number of hydrogen-bond acceptors (Lipinski definition) is 3. The Balaban J connectivity index is 1.77. The first-order chi connectivity index (χ1) is 8.83. The predicted molar refractivity (Wildman–Crippen MR) is 75.7 cm³/mol. The lowest BCUT2D eigenvalue weighted by Gasteiger charge is -2.19. The van der Waals surface area contributed by atoms with Gasteiger partial charge in [-0.1, -0.05) is 24.3 Å². The fraction of sp³-hybridized carbons (Fsp3) is 0.400. The fourth-order valence-electron chi connectivity index (χ4n) is 2.58. The Morgan fingerprint density at radius 3 is 2.89 bits per heavy atom. The summed E-state index contributed by atoms with van der Waals surface area (Å²) in [6, 6.07) is 8.85. The van der Waals surface area contributed by atoms with Crippen molar-refractivity contribution >= 4 is 11.3 Å². The molecule has 18 heavy (non-hydrogen) atoms. The zero-order chi connectivity index (χ0) is 12.4. The summed E-state index contributed by atoms with van der Waals surface area (Å²) in [7, 11) is 0. The predicted octanol–water partition coefficient (Wildman–Crippen LogP) is 3.40. The van der Waals surface area contributed by atoms with Gasteiger partial charge in [-0.05, 0) is 37.4 Å². The molecular formula is C15H18N2S. The summed E-state index contributed by atoms with van der Waals surface area (Å²) in [6.45, 7) is 5.42. The molecule has 2 aromatic rings. The van der Waals surface area contributed by atoms with Crippen LogP contribution in [0.2, 0.25) is 0 Å². The Kier molecular flexibility index (Phi) is 3.43. The summed E-state index contributed by atoms with van der Waals surface area (Å²) < 4.78 is 0. The van der Waals surface area contributed by atoms with E-state index >= 15 is 0 Å². The molecule has 3 rings (SSSR count). The Morgan fingerprint density at radius 1 is 1.28 bits per heavy atom. The molecule has 1 aliphatic rings. The minimum absolute atomic E-state index is 1.05. The Morgan fingerprint density at radius 2 is 2.11 bits per heavy atom. The molecule has 0 aliphatic carbocycles. The van der Waals surface area contributed by atoms with Crippen LogP contribution in [0.5, 0.6) is 0 Å². The summed E-state index contributed by atoms with van der Waals surface area (Å²) in [6.07, 6.45) is 2.48. The third kappa shape index (κ3) is 2.47. The van der Waals surface area contributed by atoms with E-state index in [9.17, 15) is 0 Å². The van der Waals surface area contributed by atoms with Crippen LogP contribution in [0.4, 0.5) is 0 Å². The molecule has 0 saturated heterocycles. The number of thiazole rings is 1. The SMILES string of the molecule is Cc1ncsc1CN1CCCc2ccccc2C1. The number of rotatable bonds is 2. The second-order valence-electron chi connectivity index (χ2n) is 4.94. The lowest BCUT2D eigenvalue weighted by molar-refractivity contribution is 0.263. The average molecular weight is 258 g/mol. The lowest BCUT2D eigenvalue weighted by atomic mass is 10.0. The Bertz CT molecular complexity index is 533. The molecule has 0 atom stereocenters. The van der Waals surface area contributed by atoms with E-state index in [4.69, 9.17) is 0 Å². The molecule has 2 heterocycles. The number of aromatic nitrogens is 1. The van der Waals surface area contributed by atoms with Gasteiger partial charge in [0.25, 0.3) is 0 Å². The number of hydrogen-bond donors (Lipinski definition) is 0. The molecule has 0 spiro atoms. The van der Waals surface area contributed by atoms with E-state index in [0.717, 1.165) is 13.1 Å². The molecular weight excluding hydrogens is 240 g/mol. The van der Waals surface area contributed by atoms with Gasteiger partial charge in [0, 0.05) is 18.0 Å². The zero-order valence-corrected chi connectivity index (χ0v) is 11.5. The van der Waals surface area contributed by atoms with Crippen molar-refractivity contribution in [3.05, 3.63) is 51.5 Å². The highest BCUT2D eigenvalue weighted by molar-refractivity contribution is 7.09. The van der Waals surface area contributed by atoms with Crippen molar-refractivity contribution in [1.29, 1.82) is 0 Å². The quantitative estimate of drug-likeness (QED) is 0.820. The van der Waals surface area contributed by atoms with Crippen molar-refractivity contribution in [2.75, 3.05) is 6.54 Å². The van der Waals surface area contributed by atoms with Crippen molar-refractivity contribution in [3.63, 3.8) is 0 Å². The molecule has 2 nitrogen and oxygen atoms in total. The van der Waals surface area contributed by atoms with E-state index in [1.807, 2.05) is 5.51 Å². The largest absolute Gasteiger partial charge is 0.294 e. The van der Waals surface area contributed by atoms with Crippen LogP contribution in [0.25, 0.3) is 0 Å². The summed E-state index contributed by atoms with van der Waals surface area (Å²) in [5.74, 6) is 0. The van der Waals surface area contributed by atoms with Crippen LogP contribution in [0, 0.1) is 6.92 Å². The van der Waals surface area contributed by atoms with E-state index in [0.29, 0.717) is 0 Å². The van der Waals surface area contributed by atoms with Gasteiger partial charge in [0.2, 0.25) is 0 Å². The number of nitrogens with zero attached hydrogens (tertiary/aromatic N) is 2. The molecule has 0 unspecified atom stereocenters. The fourth-order valence-corrected chi connectivity index (χ4v) is 3.40. The summed E-state index contributed by atoms with van der Waals surface area (Å²) in [4.78, 5) is 8.30. The van der Waals surface area contributed by atoms with E-state index in [1.165, 1.54) is 41.1 Å². The van der Waals surface area contributed by atoms with Crippen LogP contribution in [-0.4, -0.2) is 16.4 Å². The molecule has 1 aromatic heterocycles. The first kappa shape index (κ1) is 11.9. The van der Waals surface area contributed by atoms with E-state index in [-0.39, 0.29) is 0 Å². The van der Waals surface area contributed by atoms with Crippen LogP contribution in [0.3, 0.4) is 0 Å². The van der Waals surface area contributed by atoms with E-state index in [1.54, 1.807) is 11.3 Å². The molecule has 0 N–H and O–H groups in total. The van der Waals surface area contributed by atoms with Crippen molar-refractivity contribution in [3.8, 4) is 0 Å². The highest BCUT2D eigenvalue weighted by atomic mass is 32.1. The van der Waals surface area contributed by atoms with Gasteiger partial charge < -0.3 is 0 Å². The van der Waals surface area contributed by atoms with Gasteiger partial charge in [-0.3, -0.25) is 4.90 Å². The van der Waals surface area contributed by atoms with E-state index in [2.05, 4.69) is 41.1 Å². The van der Waals surface area contributed by atoms with Gasteiger partial charge in [-0.25, -0.2) is 4.98 Å².